The Bertz CT molecular complexity index is 967. The normalized spacial score (nSPS) is 20.3. The third-order valence-electron chi connectivity index (χ3n) is 6.70. The largest absolute Gasteiger partial charge is 0.497 e. The lowest BCUT2D eigenvalue weighted by Crippen LogP contribution is -2.49. The zero-order valence-electron chi connectivity index (χ0n) is 18.7. The van der Waals surface area contributed by atoms with Crippen molar-refractivity contribution in [1.82, 2.24) is 4.90 Å². The molecule has 1 heterocycles. The topological polar surface area (TPSA) is 66.9 Å². The van der Waals surface area contributed by atoms with Crippen LogP contribution in [0.25, 0.3) is 0 Å². The minimum absolute atomic E-state index is 0.000492. The van der Waals surface area contributed by atoms with Crippen LogP contribution in [-0.4, -0.2) is 35.8 Å². The first-order chi connectivity index (χ1) is 15.5. The van der Waals surface area contributed by atoms with Crippen molar-refractivity contribution in [3.8, 4) is 5.75 Å². The molecule has 0 radical (unpaired) electrons. The molecule has 0 spiro atoms. The Labute approximate surface area is 189 Å². The second-order valence-corrected chi connectivity index (χ2v) is 8.65. The lowest BCUT2D eigenvalue weighted by Gasteiger charge is -2.37. The maximum atomic E-state index is 13.7. The summed E-state index contributed by atoms with van der Waals surface area (Å²) in [6.45, 7) is 1.95. The van der Waals surface area contributed by atoms with Gasteiger partial charge in [0.2, 0.25) is 11.8 Å². The number of amides is 3. The van der Waals surface area contributed by atoms with Gasteiger partial charge in [-0.3, -0.25) is 14.4 Å². The molecule has 1 aliphatic carbocycles. The molecule has 6 nitrogen and oxygen atoms in total. The molecule has 1 saturated carbocycles. The van der Waals surface area contributed by atoms with Crippen molar-refractivity contribution in [3.05, 3.63) is 60.2 Å². The van der Waals surface area contributed by atoms with Gasteiger partial charge in [-0.15, -0.1) is 0 Å². The summed E-state index contributed by atoms with van der Waals surface area (Å²) < 4.78 is 5.18. The van der Waals surface area contributed by atoms with Crippen LogP contribution in [0.4, 0.5) is 5.69 Å². The van der Waals surface area contributed by atoms with E-state index < -0.39 is 6.04 Å². The van der Waals surface area contributed by atoms with Gasteiger partial charge in [0.25, 0.3) is 5.91 Å². The van der Waals surface area contributed by atoms with Crippen LogP contribution in [0, 0.1) is 5.92 Å². The van der Waals surface area contributed by atoms with Crippen molar-refractivity contribution < 1.29 is 19.1 Å². The van der Waals surface area contributed by atoms with Crippen molar-refractivity contribution in [2.45, 2.75) is 57.5 Å². The predicted octanol–water partition coefficient (Wildman–Crippen LogP) is 4.50. The van der Waals surface area contributed by atoms with E-state index in [4.69, 9.17) is 4.74 Å². The van der Waals surface area contributed by atoms with E-state index in [1.807, 2.05) is 37.3 Å². The SMILES string of the molecule is COc1ccc(N2C(=O)CC(N(C(=O)C3CCCCC3)C(C)c3ccccc3)C2=O)cc1. The van der Waals surface area contributed by atoms with E-state index in [0.717, 1.165) is 37.7 Å². The van der Waals surface area contributed by atoms with E-state index >= 15 is 0 Å². The van der Waals surface area contributed by atoms with Crippen molar-refractivity contribution in [2.24, 2.45) is 5.92 Å². The standard InChI is InChI=1S/C26H30N2O4/c1-18(19-9-5-3-6-10-19)27(25(30)20-11-7-4-8-12-20)23-17-24(29)28(26(23)31)21-13-15-22(32-2)16-14-21/h3,5-6,9-10,13-16,18,20,23H,4,7-8,11-12,17H2,1-2H3. The van der Waals surface area contributed by atoms with Gasteiger partial charge in [-0.25, -0.2) is 4.90 Å². The monoisotopic (exact) mass is 434 g/mol. The van der Waals surface area contributed by atoms with Crippen LogP contribution < -0.4 is 9.64 Å². The summed E-state index contributed by atoms with van der Waals surface area (Å²) in [7, 11) is 1.57. The van der Waals surface area contributed by atoms with Gasteiger partial charge in [-0.2, -0.15) is 0 Å². The summed E-state index contributed by atoms with van der Waals surface area (Å²) in [5.74, 6) is -0.0770. The van der Waals surface area contributed by atoms with Crippen molar-refractivity contribution in [2.75, 3.05) is 12.0 Å². The van der Waals surface area contributed by atoms with Crippen molar-refractivity contribution in [1.29, 1.82) is 0 Å². The van der Waals surface area contributed by atoms with E-state index in [-0.39, 0.29) is 36.1 Å². The number of ether oxygens (including phenoxy) is 1. The van der Waals surface area contributed by atoms with Crippen LogP contribution in [-0.2, 0) is 14.4 Å². The first-order valence-electron chi connectivity index (χ1n) is 11.4. The molecule has 2 atom stereocenters. The van der Waals surface area contributed by atoms with Gasteiger partial charge >= 0.3 is 0 Å². The Balaban J connectivity index is 1.66. The maximum Gasteiger partial charge on any atom is 0.257 e. The highest BCUT2D eigenvalue weighted by Crippen LogP contribution is 2.35. The number of imide groups is 1. The molecule has 2 aromatic carbocycles. The van der Waals surface area contributed by atoms with Gasteiger partial charge in [-0.05, 0) is 49.6 Å². The molecule has 4 rings (SSSR count). The zero-order valence-corrected chi connectivity index (χ0v) is 18.7. The lowest BCUT2D eigenvalue weighted by atomic mass is 9.87. The average molecular weight is 435 g/mol. The molecule has 168 valence electrons. The molecule has 2 aromatic rings. The van der Waals surface area contributed by atoms with Crippen LogP contribution in [0.2, 0.25) is 0 Å². The summed E-state index contributed by atoms with van der Waals surface area (Å²) in [4.78, 5) is 43.1. The molecule has 2 unspecified atom stereocenters. The zero-order chi connectivity index (χ0) is 22.7. The summed E-state index contributed by atoms with van der Waals surface area (Å²) >= 11 is 0. The molecule has 0 bridgehead atoms. The highest BCUT2D eigenvalue weighted by atomic mass is 16.5. The molecule has 6 heteroatoms. The third-order valence-corrected chi connectivity index (χ3v) is 6.70. The number of carbonyl (C=O) groups is 3. The first-order valence-corrected chi connectivity index (χ1v) is 11.4. The Hall–Kier alpha value is -3.15. The highest BCUT2D eigenvalue weighted by molar-refractivity contribution is 6.23. The van der Waals surface area contributed by atoms with Crippen LogP contribution in [0.15, 0.2) is 54.6 Å². The number of anilines is 1. The fourth-order valence-corrected chi connectivity index (χ4v) is 4.90. The van der Waals surface area contributed by atoms with Gasteiger partial charge < -0.3 is 9.64 Å². The molecule has 0 aromatic heterocycles. The van der Waals surface area contributed by atoms with Gasteiger partial charge in [0.05, 0.1) is 25.3 Å². The second-order valence-electron chi connectivity index (χ2n) is 8.65. The minimum atomic E-state index is -0.797. The Kier molecular flexibility index (Phi) is 6.58. The number of carbonyl (C=O) groups excluding carboxylic acids is 3. The molecule has 3 amide bonds. The molecule has 32 heavy (non-hydrogen) atoms. The average Bonchev–Trinajstić information content (AvgIpc) is 3.13. The number of methoxy groups -OCH3 is 1. The van der Waals surface area contributed by atoms with E-state index in [2.05, 4.69) is 0 Å². The molecule has 2 aliphatic rings. The Morgan fingerprint density at radius 3 is 2.28 bits per heavy atom. The van der Waals surface area contributed by atoms with Crippen molar-refractivity contribution >= 4 is 23.4 Å². The summed E-state index contributed by atoms with van der Waals surface area (Å²) in [6.07, 6.45) is 4.88. The number of rotatable bonds is 6. The van der Waals surface area contributed by atoms with E-state index in [1.54, 1.807) is 36.3 Å². The van der Waals surface area contributed by atoms with Gasteiger partial charge in [0, 0.05) is 5.92 Å². The number of nitrogens with zero attached hydrogens (tertiary/aromatic N) is 2. The number of hydrogen-bond acceptors (Lipinski definition) is 4. The summed E-state index contributed by atoms with van der Waals surface area (Å²) in [5, 5.41) is 0. The summed E-state index contributed by atoms with van der Waals surface area (Å²) in [5.41, 5.74) is 1.46. The molecular weight excluding hydrogens is 404 g/mol. The fraction of sp³-hybridized carbons (Fsp3) is 0.423. The van der Waals surface area contributed by atoms with Crippen LogP contribution >= 0.6 is 0 Å². The van der Waals surface area contributed by atoms with Gasteiger partial charge in [0.1, 0.15) is 11.8 Å². The first kappa shape index (κ1) is 22.1. The molecule has 1 saturated heterocycles. The molecule has 2 fully saturated rings. The van der Waals surface area contributed by atoms with E-state index in [9.17, 15) is 14.4 Å². The molecule has 0 N–H and O–H groups in total. The van der Waals surface area contributed by atoms with Crippen LogP contribution in [0.3, 0.4) is 0 Å². The second kappa shape index (κ2) is 9.55. The van der Waals surface area contributed by atoms with Gasteiger partial charge in [0.15, 0.2) is 0 Å². The van der Waals surface area contributed by atoms with E-state index in [0.29, 0.717) is 11.4 Å². The predicted molar refractivity (Wildman–Crippen MR) is 122 cm³/mol. The quantitative estimate of drug-likeness (QED) is 0.628. The fourth-order valence-electron chi connectivity index (χ4n) is 4.90. The number of benzene rings is 2. The van der Waals surface area contributed by atoms with Gasteiger partial charge in [-0.1, -0.05) is 49.6 Å². The lowest BCUT2D eigenvalue weighted by molar-refractivity contribution is -0.145. The Morgan fingerprint density at radius 1 is 1.00 bits per heavy atom. The summed E-state index contributed by atoms with van der Waals surface area (Å²) in [6, 6.07) is 15.5. The molecule has 1 aliphatic heterocycles. The van der Waals surface area contributed by atoms with E-state index in [1.165, 1.54) is 4.90 Å². The Morgan fingerprint density at radius 2 is 1.66 bits per heavy atom. The smallest absolute Gasteiger partial charge is 0.257 e. The highest BCUT2D eigenvalue weighted by Gasteiger charge is 2.47. The third kappa shape index (κ3) is 4.27. The van der Waals surface area contributed by atoms with Crippen LogP contribution in [0.5, 0.6) is 5.75 Å². The minimum Gasteiger partial charge on any atom is -0.497 e. The number of hydrogen-bond donors (Lipinski definition) is 0. The maximum absolute atomic E-state index is 13.7. The van der Waals surface area contributed by atoms with Crippen molar-refractivity contribution in [3.63, 3.8) is 0 Å². The molecular formula is C26H30N2O4. The van der Waals surface area contributed by atoms with Crippen LogP contribution in [0.1, 0.15) is 57.1 Å².